The zero-order chi connectivity index (χ0) is 12.1. The number of hydrogen-bond donors (Lipinski definition) is 0. The Hall–Kier alpha value is -1.62. The fourth-order valence-electron chi connectivity index (χ4n) is 1.82. The van der Waals surface area contributed by atoms with Gasteiger partial charge in [-0.15, -0.1) is 0 Å². The first-order valence-corrected chi connectivity index (χ1v) is 5.61. The van der Waals surface area contributed by atoms with Gasteiger partial charge in [0.1, 0.15) is 5.92 Å². The number of carbonyl (C=O) groups excluding carboxylic acids is 1. The minimum absolute atomic E-state index is 0.0400. The second-order valence-corrected chi connectivity index (χ2v) is 4.15. The molecule has 2 heteroatoms. The molecule has 0 saturated heterocycles. The van der Waals surface area contributed by atoms with Gasteiger partial charge in [-0.25, -0.2) is 0 Å². The molecule has 0 N–H and O–H groups in total. The van der Waals surface area contributed by atoms with Crippen molar-refractivity contribution in [3.05, 3.63) is 34.9 Å². The third-order valence-electron chi connectivity index (χ3n) is 2.70. The minimum atomic E-state index is -0.494. The second kappa shape index (κ2) is 5.46. The molecular formula is C14H17NO. The summed E-state index contributed by atoms with van der Waals surface area (Å²) in [4.78, 5) is 12.1. The van der Waals surface area contributed by atoms with Gasteiger partial charge in [0.15, 0.2) is 5.78 Å². The van der Waals surface area contributed by atoms with Gasteiger partial charge < -0.3 is 0 Å². The predicted molar refractivity (Wildman–Crippen MR) is 64.3 cm³/mol. The molecule has 0 radical (unpaired) electrons. The van der Waals surface area contributed by atoms with Crippen LogP contribution in [0, 0.1) is 31.1 Å². The van der Waals surface area contributed by atoms with Crippen LogP contribution >= 0.6 is 0 Å². The van der Waals surface area contributed by atoms with Crippen LogP contribution in [0.15, 0.2) is 18.2 Å². The monoisotopic (exact) mass is 215 g/mol. The number of rotatable bonds is 4. The summed E-state index contributed by atoms with van der Waals surface area (Å²) in [5.41, 5.74) is 2.78. The molecule has 0 heterocycles. The number of nitriles is 1. The van der Waals surface area contributed by atoms with Crippen LogP contribution in [0.4, 0.5) is 0 Å². The van der Waals surface area contributed by atoms with E-state index in [0.717, 1.165) is 17.5 Å². The van der Waals surface area contributed by atoms with Crippen molar-refractivity contribution in [2.45, 2.75) is 33.6 Å². The Morgan fingerprint density at radius 3 is 2.62 bits per heavy atom. The molecule has 1 aromatic carbocycles. The standard InChI is InChI=1S/C14H17NO/c1-4-5-12(9-15)14(16)13-7-6-10(2)8-11(13)3/h6-8,12H,4-5H2,1-3H3. The first-order chi connectivity index (χ1) is 7.60. The van der Waals surface area contributed by atoms with E-state index in [0.29, 0.717) is 12.0 Å². The molecule has 16 heavy (non-hydrogen) atoms. The number of carbonyl (C=O) groups is 1. The maximum atomic E-state index is 12.1. The molecule has 1 unspecified atom stereocenters. The molecule has 0 bridgehead atoms. The minimum Gasteiger partial charge on any atom is -0.293 e. The fraction of sp³-hybridized carbons (Fsp3) is 0.429. The third kappa shape index (κ3) is 2.70. The quantitative estimate of drug-likeness (QED) is 0.722. The van der Waals surface area contributed by atoms with Crippen molar-refractivity contribution < 1.29 is 4.79 Å². The van der Waals surface area contributed by atoms with Crippen LogP contribution in [0.25, 0.3) is 0 Å². The summed E-state index contributed by atoms with van der Waals surface area (Å²) < 4.78 is 0. The van der Waals surface area contributed by atoms with E-state index in [1.807, 2.05) is 39.0 Å². The summed E-state index contributed by atoms with van der Waals surface area (Å²) >= 11 is 0. The maximum Gasteiger partial charge on any atom is 0.180 e. The summed E-state index contributed by atoms with van der Waals surface area (Å²) in [6.45, 7) is 5.90. The van der Waals surface area contributed by atoms with Crippen LogP contribution in [-0.2, 0) is 0 Å². The van der Waals surface area contributed by atoms with Gasteiger partial charge >= 0.3 is 0 Å². The lowest BCUT2D eigenvalue weighted by Gasteiger charge is -2.09. The van der Waals surface area contributed by atoms with Crippen LogP contribution in [0.5, 0.6) is 0 Å². The molecule has 0 aliphatic carbocycles. The summed E-state index contributed by atoms with van der Waals surface area (Å²) in [5, 5.41) is 8.96. The van der Waals surface area contributed by atoms with Crippen molar-refractivity contribution in [1.82, 2.24) is 0 Å². The lowest BCUT2D eigenvalue weighted by Crippen LogP contribution is -2.14. The largest absolute Gasteiger partial charge is 0.293 e. The zero-order valence-electron chi connectivity index (χ0n) is 10.1. The highest BCUT2D eigenvalue weighted by molar-refractivity contribution is 6.00. The van der Waals surface area contributed by atoms with Crippen molar-refractivity contribution in [3.8, 4) is 6.07 Å². The second-order valence-electron chi connectivity index (χ2n) is 4.15. The van der Waals surface area contributed by atoms with E-state index in [1.54, 1.807) is 0 Å². The van der Waals surface area contributed by atoms with E-state index in [4.69, 9.17) is 5.26 Å². The van der Waals surface area contributed by atoms with Crippen molar-refractivity contribution in [3.63, 3.8) is 0 Å². The van der Waals surface area contributed by atoms with Gasteiger partial charge in [-0.05, 0) is 25.8 Å². The summed E-state index contributed by atoms with van der Waals surface area (Å²) in [7, 11) is 0. The molecule has 0 aromatic heterocycles. The van der Waals surface area contributed by atoms with E-state index < -0.39 is 5.92 Å². The number of nitrogens with zero attached hydrogens (tertiary/aromatic N) is 1. The van der Waals surface area contributed by atoms with Gasteiger partial charge in [-0.3, -0.25) is 4.79 Å². The van der Waals surface area contributed by atoms with Crippen LogP contribution in [0.2, 0.25) is 0 Å². The van der Waals surface area contributed by atoms with Crippen LogP contribution in [-0.4, -0.2) is 5.78 Å². The predicted octanol–water partition coefficient (Wildman–Crippen LogP) is 3.43. The molecule has 2 nitrogen and oxygen atoms in total. The SMILES string of the molecule is CCCC(C#N)C(=O)c1ccc(C)cc1C. The number of ketones is 1. The Morgan fingerprint density at radius 2 is 2.12 bits per heavy atom. The van der Waals surface area contributed by atoms with Gasteiger partial charge in [0.25, 0.3) is 0 Å². The van der Waals surface area contributed by atoms with Crippen LogP contribution in [0.3, 0.4) is 0 Å². The van der Waals surface area contributed by atoms with E-state index in [-0.39, 0.29) is 5.78 Å². The van der Waals surface area contributed by atoms with E-state index >= 15 is 0 Å². The van der Waals surface area contributed by atoms with Gasteiger partial charge in [0, 0.05) is 5.56 Å². The summed E-state index contributed by atoms with van der Waals surface area (Å²) in [6.07, 6.45) is 1.50. The lowest BCUT2D eigenvalue weighted by molar-refractivity contribution is 0.0943. The van der Waals surface area contributed by atoms with Crippen molar-refractivity contribution in [2.75, 3.05) is 0 Å². The zero-order valence-corrected chi connectivity index (χ0v) is 10.1. The Labute approximate surface area is 96.9 Å². The van der Waals surface area contributed by atoms with Gasteiger partial charge in [0.05, 0.1) is 6.07 Å². The molecule has 1 rings (SSSR count). The molecule has 1 aromatic rings. The molecule has 84 valence electrons. The molecule has 0 spiro atoms. The number of hydrogen-bond acceptors (Lipinski definition) is 2. The average Bonchev–Trinajstić information content (AvgIpc) is 2.25. The van der Waals surface area contributed by atoms with E-state index in [1.165, 1.54) is 0 Å². The Bertz CT molecular complexity index is 429. The molecule has 0 amide bonds. The first-order valence-electron chi connectivity index (χ1n) is 5.61. The van der Waals surface area contributed by atoms with Crippen molar-refractivity contribution in [1.29, 1.82) is 5.26 Å². The summed E-state index contributed by atoms with van der Waals surface area (Å²) in [6, 6.07) is 7.82. The Morgan fingerprint density at radius 1 is 1.44 bits per heavy atom. The molecule has 0 saturated carbocycles. The highest BCUT2D eigenvalue weighted by Gasteiger charge is 2.19. The van der Waals surface area contributed by atoms with E-state index in [9.17, 15) is 4.79 Å². The van der Waals surface area contributed by atoms with Crippen LogP contribution < -0.4 is 0 Å². The van der Waals surface area contributed by atoms with Crippen LogP contribution in [0.1, 0.15) is 41.3 Å². The first kappa shape index (κ1) is 12.4. The molecule has 1 atom stereocenters. The Balaban J connectivity index is 3.00. The van der Waals surface area contributed by atoms with Crippen molar-refractivity contribution >= 4 is 5.78 Å². The summed E-state index contributed by atoms with van der Waals surface area (Å²) in [5.74, 6) is -0.534. The maximum absolute atomic E-state index is 12.1. The van der Waals surface area contributed by atoms with E-state index in [2.05, 4.69) is 6.07 Å². The third-order valence-corrected chi connectivity index (χ3v) is 2.70. The molecule has 0 aliphatic heterocycles. The van der Waals surface area contributed by atoms with Gasteiger partial charge in [-0.1, -0.05) is 37.1 Å². The average molecular weight is 215 g/mol. The normalized spacial score (nSPS) is 11.9. The number of benzene rings is 1. The lowest BCUT2D eigenvalue weighted by atomic mass is 9.92. The fourth-order valence-corrected chi connectivity index (χ4v) is 1.82. The molecule has 0 aliphatic rings. The van der Waals surface area contributed by atoms with Crippen molar-refractivity contribution in [2.24, 2.45) is 5.92 Å². The smallest absolute Gasteiger partial charge is 0.180 e. The van der Waals surface area contributed by atoms with Gasteiger partial charge in [-0.2, -0.15) is 5.26 Å². The Kier molecular flexibility index (Phi) is 4.25. The molecule has 0 fully saturated rings. The highest BCUT2D eigenvalue weighted by Crippen LogP contribution is 2.18. The number of Topliss-reactive ketones (excluding diaryl/α,β-unsaturated/α-hetero) is 1. The topological polar surface area (TPSA) is 40.9 Å². The highest BCUT2D eigenvalue weighted by atomic mass is 16.1. The molecular weight excluding hydrogens is 198 g/mol. The van der Waals surface area contributed by atoms with Gasteiger partial charge in [0.2, 0.25) is 0 Å². The number of aryl methyl sites for hydroxylation is 2.